The maximum absolute atomic E-state index is 10.3. The first-order chi connectivity index (χ1) is 8.68. The summed E-state index contributed by atoms with van der Waals surface area (Å²) in [5, 5.41) is 18.7. The second kappa shape index (κ2) is 5.54. The summed E-state index contributed by atoms with van der Waals surface area (Å²) < 4.78 is 1.36. The molecule has 94 valence electrons. The van der Waals surface area contributed by atoms with Gasteiger partial charge in [0.05, 0.1) is 0 Å². The average molecular weight is 263 g/mol. The van der Waals surface area contributed by atoms with Gasteiger partial charge in [-0.1, -0.05) is 42.1 Å². The number of thioether (sulfide) groups is 1. The van der Waals surface area contributed by atoms with Crippen molar-refractivity contribution in [3.63, 3.8) is 0 Å². The lowest BCUT2D eigenvalue weighted by Crippen LogP contribution is -2.22. The van der Waals surface area contributed by atoms with E-state index in [0.717, 1.165) is 5.56 Å². The van der Waals surface area contributed by atoms with Gasteiger partial charge in [0.1, 0.15) is 0 Å². The number of hydrogen-bond donors (Lipinski definition) is 1. The second-order valence-corrected chi connectivity index (χ2v) is 4.57. The predicted octanol–water partition coefficient (Wildman–Crippen LogP) is -0.109. The number of carboxylic acids is 1. The molecule has 0 saturated carbocycles. The number of aromatic nitrogens is 3. The fraction of sp³-hybridized carbons (Fsp3) is 0.182. The standard InChI is InChI=1S/C11H12N4O2S/c12-15-10(8-4-2-1-3-5-8)13-14-11(15)18-7-6-9(16)17/h1-5H,6-7,12H2,(H,16,17)/p-1. The van der Waals surface area contributed by atoms with Crippen molar-refractivity contribution in [3.05, 3.63) is 30.3 Å². The van der Waals surface area contributed by atoms with Gasteiger partial charge in [-0.2, -0.15) is 0 Å². The summed E-state index contributed by atoms with van der Waals surface area (Å²) in [6, 6.07) is 9.42. The number of aliphatic carboxylic acids is 1. The summed E-state index contributed by atoms with van der Waals surface area (Å²) in [6.07, 6.45) is -0.0435. The minimum absolute atomic E-state index is 0.0435. The third-order valence-electron chi connectivity index (χ3n) is 2.23. The van der Waals surface area contributed by atoms with Crippen molar-refractivity contribution in [2.24, 2.45) is 0 Å². The molecule has 0 saturated heterocycles. The lowest BCUT2D eigenvalue weighted by Gasteiger charge is -2.03. The van der Waals surface area contributed by atoms with E-state index in [0.29, 0.717) is 16.7 Å². The molecule has 2 rings (SSSR count). The Morgan fingerprint density at radius 2 is 2.06 bits per heavy atom. The van der Waals surface area contributed by atoms with Crippen molar-refractivity contribution in [2.75, 3.05) is 11.6 Å². The Labute approximate surface area is 108 Å². The van der Waals surface area contributed by atoms with Crippen molar-refractivity contribution in [3.8, 4) is 11.4 Å². The van der Waals surface area contributed by atoms with E-state index in [1.807, 2.05) is 30.3 Å². The van der Waals surface area contributed by atoms with Crippen molar-refractivity contribution < 1.29 is 9.90 Å². The zero-order valence-electron chi connectivity index (χ0n) is 9.44. The van der Waals surface area contributed by atoms with E-state index in [1.54, 1.807) is 0 Å². The van der Waals surface area contributed by atoms with Gasteiger partial charge in [0, 0.05) is 17.3 Å². The summed E-state index contributed by atoms with van der Waals surface area (Å²) in [5.41, 5.74) is 0.860. The molecule has 2 N–H and O–H groups in total. The van der Waals surface area contributed by atoms with E-state index >= 15 is 0 Å². The van der Waals surface area contributed by atoms with Gasteiger partial charge in [0.15, 0.2) is 5.82 Å². The highest BCUT2D eigenvalue weighted by molar-refractivity contribution is 7.99. The van der Waals surface area contributed by atoms with E-state index in [4.69, 9.17) is 5.84 Å². The van der Waals surface area contributed by atoms with Crippen LogP contribution in [0, 0.1) is 0 Å². The Bertz CT molecular complexity index is 541. The molecule has 0 atom stereocenters. The highest BCUT2D eigenvalue weighted by Crippen LogP contribution is 2.21. The number of carbonyl (C=O) groups excluding carboxylic acids is 1. The van der Waals surface area contributed by atoms with Crippen LogP contribution in [0.3, 0.4) is 0 Å². The first-order valence-corrected chi connectivity index (χ1v) is 6.25. The SMILES string of the molecule is Nn1c(SCCC(=O)[O-])nnc1-c1ccccc1. The monoisotopic (exact) mass is 263 g/mol. The number of carbonyl (C=O) groups is 1. The highest BCUT2D eigenvalue weighted by Gasteiger charge is 2.11. The Morgan fingerprint density at radius 3 is 2.72 bits per heavy atom. The summed E-state index contributed by atoms with van der Waals surface area (Å²) in [4.78, 5) is 10.3. The maximum atomic E-state index is 10.3. The van der Waals surface area contributed by atoms with Crippen LogP contribution in [0.2, 0.25) is 0 Å². The molecule has 0 aliphatic rings. The Morgan fingerprint density at radius 1 is 1.33 bits per heavy atom. The molecule has 0 bridgehead atoms. The first-order valence-electron chi connectivity index (χ1n) is 5.27. The van der Waals surface area contributed by atoms with Gasteiger partial charge in [-0.05, 0) is 6.42 Å². The third-order valence-corrected chi connectivity index (χ3v) is 3.18. The van der Waals surface area contributed by atoms with E-state index in [2.05, 4.69) is 10.2 Å². The number of carboxylic acid groups (broad SMARTS) is 1. The molecule has 0 radical (unpaired) electrons. The molecule has 1 aromatic carbocycles. The van der Waals surface area contributed by atoms with Gasteiger partial charge in [0.25, 0.3) is 0 Å². The van der Waals surface area contributed by atoms with Crippen LogP contribution in [0.1, 0.15) is 6.42 Å². The van der Waals surface area contributed by atoms with Crippen molar-refractivity contribution in [2.45, 2.75) is 11.6 Å². The zero-order chi connectivity index (χ0) is 13.0. The molecule has 0 aliphatic heterocycles. The Kier molecular flexibility index (Phi) is 3.83. The number of nitrogens with zero attached hydrogens (tertiary/aromatic N) is 3. The van der Waals surface area contributed by atoms with Crippen LogP contribution in [0.15, 0.2) is 35.5 Å². The Hall–Kier alpha value is -2.02. The highest BCUT2D eigenvalue weighted by atomic mass is 32.2. The number of benzene rings is 1. The molecule has 18 heavy (non-hydrogen) atoms. The normalized spacial score (nSPS) is 10.4. The molecule has 6 nitrogen and oxygen atoms in total. The van der Waals surface area contributed by atoms with Gasteiger partial charge in [-0.15, -0.1) is 10.2 Å². The Balaban J connectivity index is 2.12. The summed E-state index contributed by atoms with van der Waals surface area (Å²) in [6.45, 7) is 0. The molecule has 1 heterocycles. The first kappa shape index (κ1) is 12.4. The van der Waals surface area contributed by atoms with Gasteiger partial charge in [-0.3, -0.25) is 0 Å². The summed E-state index contributed by atoms with van der Waals surface area (Å²) >= 11 is 1.23. The van der Waals surface area contributed by atoms with E-state index in [9.17, 15) is 9.90 Å². The molecule has 0 unspecified atom stereocenters. The average Bonchev–Trinajstić information content (AvgIpc) is 2.72. The number of nitrogen functional groups attached to an aromatic ring is 1. The molecule has 0 spiro atoms. The van der Waals surface area contributed by atoms with Crippen LogP contribution >= 0.6 is 11.8 Å². The molecule has 0 amide bonds. The van der Waals surface area contributed by atoms with Crippen LogP contribution in [0.5, 0.6) is 0 Å². The fourth-order valence-corrected chi connectivity index (χ4v) is 2.16. The molecular weight excluding hydrogens is 252 g/mol. The van der Waals surface area contributed by atoms with Crippen LogP contribution in [-0.4, -0.2) is 26.6 Å². The van der Waals surface area contributed by atoms with Crippen LogP contribution < -0.4 is 10.9 Å². The fourth-order valence-electron chi connectivity index (χ4n) is 1.39. The maximum Gasteiger partial charge on any atom is 0.210 e. The van der Waals surface area contributed by atoms with E-state index < -0.39 is 5.97 Å². The number of hydrogen-bond acceptors (Lipinski definition) is 6. The van der Waals surface area contributed by atoms with E-state index in [1.165, 1.54) is 16.4 Å². The summed E-state index contributed by atoms with van der Waals surface area (Å²) in [7, 11) is 0. The summed E-state index contributed by atoms with van der Waals surface area (Å²) in [5.74, 6) is 5.67. The minimum Gasteiger partial charge on any atom is -0.550 e. The number of rotatable bonds is 5. The van der Waals surface area contributed by atoms with Gasteiger partial charge >= 0.3 is 0 Å². The van der Waals surface area contributed by atoms with Gasteiger partial charge in [0.2, 0.25) is 5.16 Å². The second-order valence-electron chi connectivity index (χ2n) is 3.51. The lowest BCUT2D eigenvalue weighted by molar-refractivity contribution is -0.305. The largest absolute Gasteiger partial charge is 0.550 e. The molecule has 0 fully saturated rings. The lowest BCUT2D eigenvalue weighted by atomic mass is 10.2. The topological polar surface area (TPSA) is 96.9 Å². The van der Waals surface area contributed by atoms with Crippen molar-refractivity contribution in [1.82, 2.24) is 14.9 Å². The van der Waals surface area contributed by atoms with Crippen molar-refractivity contribution in [1.29, 1.82) is 0 Å². The van der Waals surface area contributed by atoms with Gasteiger partial charge < -0.3 is 15.7 Å². The molecule has 0 aliphatic carbocycles. The quantitative estimate of drug-likeness (QED) is 0.597. The minimum atomic E-state index is -1.09. The zero-order valence-corrected chi connectivity index (χ0v) is 10.3. The molecular formula is C11H11N4O2S-. The van der Waals surface area contributed by atoms with Crippen LogP contribution in [0.4, 0.5) is 0 Å². The van der Waals surface area contributed by atoms with Crippen LogP contribution in [0.25, 0.3) is 11.4 Å². The third kappa shape index (κ3) is 2.80. The van der Waals surface area contributed by atoms with Crippen LogP contribution in [-0.2, 0) is 4.79 Å². The van der Waals surface area contributed by atoms with E-state index in [-0.39, 0.29) is 6.42 Å². The van der Waals surface area contributed by atoms with Gasteiger partial charge in [-0.25, -0.2) is 4.68 Å². The number of nitrogens with two attached hydrogens (primary N) is 1. The molecule has 2 aromatic rings. The smallest absolute Gasteiger partial charge is 0.210 e. The predicted molar refractivity (Wildman–Crippen MR) is 66.0 cm³/mol. The van der Waals surface area contributed by atoms with Crippen molar-refractivity contribution >= 4 is 17.7 Å². The molecule has 1 aromatic heterocycles. The molecule has 7 heteroatoms.